The van der Waals surface area contributed by atoms with Gasteiger partial charge < -0.3 is 14.8 Å². The molecule has 0 aromatic heterocycles. The van der Waals surface area contributed by atoms with E-state index in [1.54, 1.807) is 48.5 Å². The van der Waals surface area contributed by atoms with Crippen molar-refractivity contribution in [2.24, 2.45) is 0 Å². The maximum absolute atomic E-state index is 12.4. The third-order valence-corrected chi connectivity index (χ3v) is 4.76. The zero-order valence-electron chi connectivity index (χ0n) is 15.2. The van der Waals surface area contributed by atoms with E-state index in [4.69, 9.17) is 9.47 Å². The van der Waals surface area contributed by atoms with E-state index >= 15 is 0 Å². The van der Waals surface area contributed by atoms with Gasteiger partial charge in [-0.15, -0.1) is 0 Å². The molecule has 2 aliphatic heterocycles. The first-order valence-corrected chi connectivity index (χ1v) is 9.21. The number of rotatable bonds is 6. The molecule has 0 saturated carbocycles. The van der Waals surface area contributed by atoms with Gasteiger partial charge in [-0.1, -0.05) is 18.2 Å². The van der Waals surface area contributed by atoms with Gasteiger partial charge in [0.25, 0.3) is 11.8 Å². The molecule has 7 nitrogen and oxygen atoms in total. The van der Waals surface area contributed by atoms with E-state index in [0.29, 0.717) is 29.2 Å². The van der Waals surface area contributed by atoms with Gasteiger partial charge in [0.05, 0.1) is 17.2 Å². The Bertz CT molecular complexity index is 886. The van der Waals surface area contributed by atoms with Gasteiger partial charge in [-0.25, -0.2) is 0 Å². The fourth-order valence-corrected chi connectivity index (χ4v) is 3.36. The number of imide groups is 1. The van der Waals surface area contributed by atoms with E-state index in [1.165, 1.54) is 0 Å². The van der Waals surface area contributed by atoms with Crippen molar-refractivity contribution in [3.8, 4) is 5.75 Å². The highest BCUT2D eigenvalue weighted by molar-refractivity contribution is 6.22. The van der Waals surface area contributed by atoms with Crippen LogP contribution in [0.2, 0.25) is 0 Å². The molecule has 0 unspecified atom stereocenters. The molecule has 2 aromatic rings. The Balaban J connectivity index is 1.36. The Morgan fingerprint density at radius 2 is 1.86 bits per heavy atom. The van der Waals surface area contributed by atoms with Gasteiger partial charge in [0.15, 0.2) is 0 Å². The lowest BCUT2D eigenvalue weighted by Gasteiger charge is -2.15. The molecule has 1 fully saturated rings. The van der Waals surface area contributed by atoms with Crippen LogP contribution in [0.15, 0.2) is 48.5 Å². The average Bonchev–Trinajstić information content (AvgIpc) is 3.30. The standard InChI is InChI=1S/C21H20N2O5/c24-19(12-23-20(25)17-8-1-2-9-18(17)21(23)26)22-14-5-3-6-15(11-14)28-13-16-7-4-10-27-16/h1-3,5-6,8-9,11,16H,4,7,10,12-13H2,(H,22,24)/t16-/m0/s1. The van der Waals surface area contributed by atoms with Gasteiger partial charge in [0.2, 0.25) is 5.91 Å². The first-order chi connectivity index (χ1) is 13.6. The third-order valence-electron chi connectivity index (χ3n) is 4.76. The third kappa shape index (κ3) is 3.75. The second-order valence-electron chi connectivity index (χ2n) is 6.76. The molecular formula is C21H20N2O5. The van der Waals surface area contributed by atoms with E-state index in [2.05, 4.69) is 5.32 Å². The van der Waals surface area contributed by atoms with E-state index in [0.717, 1.165) is 24.3 Å². The highest BCUT2D eigenvalue weighted by atomic mass is 16.5. The van der Waals surface area contributed by atoms with E-state index < -0.39 is 17.7 Å². The normalized spacial score (nSPS) is 18.3. The number of nitrogens with zero attached hydrogens (tertiary/aromatic N) is 1. The molecule has 1 saturated heterocycles. The largest absolute Gasteiger partial charge is 0.491 e. The maximum Gasteiger partial charge on any atom is 0.262 e. The van der Waals surface area contributed by atoms with Crippen LogP contribution in [-0.4, -0.2) is 48.5 Å². The number of carbonyl (C=O) groups is 3. The number of amides is 3. The summed E-state index contributed by atoms with van der Waals surface area (Å²) in [6.45, 7) is 0.891. The Kier molecular flexibility index (Phi) is 5.08. The van der Waals surface area contributed by atoms with Crippen molar-refractivity contribution in [3.63, 3.8) is 0 Å². The molecular weight excluding hydrogens is 360 g/mol. The smallest absolute Gasteiger partial charge is 0.262 e. The van der Waals surface area contributed by atoms with Crippen molar-refractivity contribution in [2.75, 3.05) is 25.1 Å². The van der Waals surface area contributed by atoms with Crippen LogP contribution in [0.4, 0.5) is 5.69 Å². The second kappa shape index (κ2) is 7.82. The molecule has 1 N–H and O–H groups in total. The van der Waals surface area contributed by atoms with Crippen LogP contribution in [0.1, 0.15) is 33.6 Å². The molecule has 1 atom stereocenters. The minimum atomic E-state index is -0.454. The molecule has 2 heterocycles. The topological polar surface area (TPSA) is 84.9 Å². The van der Waals surface area contributed by atoms with Crippen LogP contribution in [0.25, 0.3) is 0 Å². The van der Waals surface area contributed by atoms with Crippen LogP contribution in [0.5, 0.6) is 5.75 Å². The predicted molar refractivity (Wildman–Crippen MR) is 101 cm³/mol. The van der Waals surface area contributed by atoms with Crippen LogP contribution in [-0.2, 0) is 9.53 Å². The molecule has 0 aliphatic carbocycles. The summed E-state index contributed by atoms with van der Waals surface area (Å²) in [5.74, 6) is -0.742. The molecule has 7 heteroatoms. The fraction of sp³-hybridized carbons (Fsp3) is 0.286. The molecule has 4 rings (SSSR count). The molecule has 3 amide bonds. The second-order valence-corrected chi connectivity index (χ2v) is 6.76. The summed E-state index contributed by atoms with van der Waals surface area (Å²) >= 11 is 0. The van der Waals surface area contributed by atoms with Crippen LogP contribution in [0.3, 0.4) is 0 Å². The Labute approximate surface area is 162 Å². The number of anilines is 1. The van der Waals surface area contributed by atoms with Gasteiger partial charge in [0, 0.05) is 18.4 Å². The maximum atomic E-state index is 12.4. The minimum Gasteiger partial charge on any atom is -0.491 e. The molecule has 2 aromatic carbocycles. The highest BCUT2D eigenvalue weighted by Crippen LogP contribution is 2.23. The summed E-state index contributed by atoms with van der Waals surface area (Å²) in [5.41, 5.74) is 1.18. The zero-order valence-corrected chi connectivity index (χ0v) is 15.2. The zero-order chi connectivity index (χ0) is 19.5. The number of fused-ring (bicyclic) bond motifs is 1. The number of carbonyl (C=O) groups excluding carboxylic acids is 3. The molecule has 2 aliphatic rings. The monoisotopic (exact) mass is 380 g/mol. The van der Waals surface area contributed by atoms with Crippen LogP contribution < -0.4 is 10.1 Å². The van der Waals surface area contributed by atoms with E-state index in [-0.39, 0.29) is 12.6 Å². The quantitative estimate of drug-likeness (QED) is 0.779. The van der Waals surface area contributed by atoms with Crippen molar-refractivity contribution in [1.29, 1.82) is 0 Å². The first kappa shape index (κ1) is 18.2. The Hall–Kier alpha value is -3.19. The van der Waals surface area contributed by atoms with Crippen LogP contribution >= 0.6 is 0 Å². The Morgan fingerprint density at radius 1 is 1.11 bits per heavy atom. The molecule has 0 bridgehead atoms. The summed E-state index contributed by atoms with van der Waals surface area (Å²) in [6, 6.07) is 13.5. The molecule has 28 heavy (non-hydrogen) atoms. The van der Waals surface area contributed by atoms with Gasteiger partial charge in [-0.2, -0.15) is 0 Å². The first-order valence-electron chi connectivity index (χ1n) is 9.21. The number of hydrogen-bond acceptors (Lipinski definition) is 5. The predicted octanol–water partition coefficient (Wildman–Crippen LogP) is 2.48. The summed E-state index contributed by atoms with van der Waals surface area (Å²) in [5, 5.41) is 2.71. The van der Waals surface area contributed by atoms with Gasteiger partial charge in [0.1, 0.15) is 18.9 Å². The lowest BCUT2D eigenvalue weighted by atomic mass is 10.1. The number of nitrogens with one attached hydrogen (secondary N) is 1. The number of benzene rings is 2. The molecule has 0 spiro atoms. The SMILES string of the molecule is O=C(CN1C(=O)c2ccccc2C1=O)Nc1cccc(OC[C@@H]2CCCO2)c1. The van der Waals surface area contributed by atoms with Crippen molar-refractivity contribution in [2.45, 2.75) is 18.9 Å². The number of hydrogen-bond donors (Lipinski definition) is 1. The van der Waals surface area contributed by atoms with Gasteiger partial charge in [-0.05, 0) is 37.1 Å². The Morgan fingerprint density at radius 3 is 2.54 bits per heavy atom. The van der Waals surface area contributed by atoms with Crippen molar-refractivity contribution in [3.05, 3.63) is 59.7 Å². The summed E-state index contributed by atoms with van der Waals surface area (Å²) < 4.78 is 11.3. The molecule has 144 valence electrons. The lowest BCUT2D eigenvalue weighted by molar-refractivity contribution is -0.116. The lowest BCUT2D eigenvalue weighted by Crippen LogP contribution is -2.37. The summed E-state index contributed by atoms with van der Waals surface area (Å²) in [6.07, 6.45) is 2.13. The van der Waals surface area contributed by atoms with Crippen LogP contribution in [0, 0.1) is 0 Å². The van der Waals surface area contributed by atoms with E-state index in [9.17, 15) is 14.4 Å². The van der Waals surface area contributed by atoms with Crippen molar-refractivity contribution in [1.82, 2.24) is 4.90 Å². The van der Waals surface area contributed by atoms with Gasteiger partial charge in [-0.3, -0.25) is 19.3 Å². The van der Waals surface area contributed by atoms with Crippen molar-refractivity contribution < 1.29 is 23.9 Å². The molecule has 0 radical (unpaired) electrons. The summed E-state index contributed by atoms with van der Waals surface area (Å²) in [7, 11) is 0. The summed E-state index contributed by atoms with van der Waals surface area (Å²) in [4.78, 5) is 38.0. The average molecular weight is 380 g/mol. The van der Waals surface area contributed by atoms with Gasteiger partial charge >= 0.3 is 0 Å². The number of ether oxygens (including phenoxy) is 2. The van der Waals surface area contributed by atoms with E-state index in [1.807, 2.05) is 0 Å². The fourth-order valence-electron chi connectivity index (χ4n) is 3.36. The van der Waals surface area contributed by atoms with Crippen molar-refractivity contribution >= 4 is 23.4 Å². The highest BCUT2D eigenvalue weighted by Gasteiger charge is 2.36. The minimum absolute atomic E-state index is 0.104.